The third-order valence-corrected chi connectivity index (χ3v) is 5.79. The van der Waals surface area contributed by atoms with Crippen molar-refractivity contribution in [3.8, 4) is 0 Å². The van der Waals surface area contributed by atoms with E-state index in [9.17, 15) is 14.9 Å². The molecule has 2 heterocycles. The van der Waals surface area contributed by atoms with Crippen LogP contribution >= 0.6 is 11.3 Å². The number of aryl methyl sites for hydroxylation is 1. The van der Waals surface area contributed by atoms with Gasteiger partial charge in [-0.3, -0.25) is 14.9 Å². The highest BCUT2D eigenvalue weighted by molar-refractivity contribution is 7.22. The molecular weight excluding hydrogens is 364 g/mol. The van der Waals surface area contributed by atoms with Crippen molar-refractivity contribution in [3.05, 3.63) is 63.7 Å². The Balaban J connectivity index is 1.46. The normalized spacial score (nSPS) is 14.6. The number of fused-ring (bicyclic) bond motifs is 1. The molecular formula is C19H18N4O3S. The molecule has 1 fully saturated rings. The van der Waals surface area contributed by atoms with Gasteiger partial charge in [-0.1, -0.05) is 29.0 Å². The number of nitrogens with zero attached hydrogens (tertiary/aromatic N) is 4. The molecule has 27 heavy (non-hydrogen) atoms. The zero-order valence-corrected chi connectivity index (χ0v) is 15.6. The first-order chi connectivity index (χ1) is 13.0. The number of anilines is 1. The van der Waals surface area contributed by atoms with E-state index in [1.165, 1.54) is 17.4 Å². The topological polar surface area (TPSA) is 79.6 Å². The third-order valence-electron chi connectivity index (χ3n) is 4.71. The lowest BCUT2D eigenvalue weighted by Crippen LogP contribution is -2.48. The summed E-state index contributed by atoms with van der Waals surface area (Å²) in [6, 6.07) is 12.4. The van der Waals surface area contributed by atoms with Crippen LogP contribution < -0.4 is 4.90 Å². The van der Waals surface area contributed by atoms with Crippen molar-refractivity contribution in [1.29, 1.82) is 0 Å². The molecule has 0 spiro atoms. The maximum Gasteiger partial charge on any atom is 0.270 e. The van der Waals surface area contributed by atoms with Crippen LogP contribution in [0.25, 0.3) is 10.2 Å². The van der Waals surface area contributed by atoms with Crippen molar-refractivity contribution in [3.63, 3.8) is 0 Å². The molecule has 0 radical (unpaired) electrons. The van der Waals surface area contributed by atoms with Gasteiger partial charge in [0.15, 0.2) is 5.13 Å². The predicted molar refractivity (Wildman–Crippen MR) is 106 cm³/mol. The molecule has 1 aliphatic rings. The lowest BCUT2D eigenvalue weighted by atomic mass is 10.1. The minimum Gasteiger partial charge on any atom is -0.345 e. The summed E-state index contributed by atoms with van der Waals surface area (Å²) in [4.78, 5) is 31.8. The van der Waals surface area contributed by atoms with Crippen LogP contribution in [-0.4, -0.2) is 46.9 Å². The Labute approximate surface area is 160 Å². The molecule has 3 aromatic rings. The lowest BCUT2D eigenvalue weighted by Gasteiger charge is -2.34. The van der Waals surface area contributed by atoms with E-state index in [-0.39, 0.29) is 11.6 Å². The maximum absolute atomic E-state index is 12.6. The van der Waals surface area contributed by atoms with Crippen LogP contribution in [0.4, 0.5) is 10.8 Å². The molecule has 2 aromatic carbocycles. The molecule has 4 rings (SSSR count). The Kier molecular flexibility index (Phi) is 4.49. The van der Waals surface area contributed by atoms with Crippen LogP contribution in [0, 0.1) is 17.0 Å². The second kappa shape index (κ2) is 6.96. The summed E-state index contributed by atoms with van der Waals surface area (Å²) in [5, 5.41) is 11.8. The summed E-state index contributed by atoms with van der Waals surface area (Å²) in [5.41, 5.74) is 2.68. The third kappa shape index (κ3) is 3.48. The average molecular weight is 382 g/mol. The summed E-state index contributed by atoms with van der Waals surface area (Å²) in [5.74, 6) is 0.0505. The second-order valence-corrected chi connectivity index (χ2v) is 7.56. The van der Waals surface area contributed by atoms with Gasteiger partial charge in [0.25, 0.3) is 11.6 Å². The van der Waals surface area contributed by atoms with Gasteiger partial charge in [-0.05, 0) is 25.1 Å². The van der Waals surface area contributed by atoms with Gasteiger partial charge < -0.3 is 9.80 Å². The number of carbonyl (C=O) groups is 1. The monoisotopic (exact) mass is 382 g/mol. The first-order valence-corrected chi connectivity index (χ1v) is 9.49. The van der Waals surface area contributed by atoms with Crippen LogP contribution in [-0.2, 0) is 0 Å². The van der Waals surface area contributed by atoms with Crippen LogP contribution in [0.1, 0.15) is 15.9 Å². The SMILES string of the molecule is Cc1ccc(C(=O)N2CCN(c3nc4ccc([N+](=O)[O-])cc4s3)CC2)cc1. The van der Waals surface area contributed by atoms with Crippen molar-refractivity contribution >= 4 is 38.3 Å². The van der Waals surface area contributed by atoms with E-state index < -0.39 is 4.92 Å². The Morgan fingerprint density at radius 1 is 1.11 bits per heavy atom. The molecule has 1 aromatic heterocycles. The number of nitro groups is 1. The summed E-state index contributed by atoms with van der Waals surface area (Å²) in [7, 11) is 0. The van der Waals surface area contributed by atoms with E-state index in [1.54, 1.807) is 12.1 Å². The summed E-state index contributed by atoms with van der Waals surface area (Å²) >= 11 is 1.45. The van der Waals surface area contributed by atoms with E-state index in [2.05, 4.69) is 9.88 Å². The minimum atomic E-state index is -0.395. The van der Waals surface area contributed by atoms with Gasteiger partial charge in [-0.25, -0.2) is 4.98 Å². The molecule has 1 saturated heterocycles. The van der Waals surface area contributed by atoms with Gasteiger partial charge in [0.1, 0.15) is 0 Å². The van der Waals surface area contributed by atoms with Gasteiger partial charge in [-0.15, -0.1) is 0 Å². The van der Waals surface area contributed by atoms with Crippen LogP contribution in [0.15, 0.2) is 42.5 Å². The van der Waals surface area contributed by atoms with E-state index in [0.717, 1.165) is 20.9 Å². The van der Waals surface area contributed by atoms with Gasteiger partial charge in [-0.2, -0.15) is 0 Å². The molecule has 1 amide bonds. The highest BCUT2D eigenvalue weighted by Crippen LogP contribution is 2.31. The number of thiazole rings is 1. The van der Waals surface area contributed by atoms with Crippen LogP contribution in [0.2, 0.25) is 0 Å². The van der Waals surface area contributed by atoms with Crippen molar-refractivity contribution in [1.82, 2.24) is 9.88 Å². The fraction of sp³-hybridized carbons (Fsp3) is 0.263. The van der Waals surface area contributed by atoms with E-state index >= 15 is 0 Å². The number of hydrogen-bond acceptors (Lipinski definition) is 6. The molecule has 8 heteroatoms. The van der Waals surface area contributed by atoms with Gasteiger partial charge in [0, 0.05) is 43.9 Å². The van der Waals surface area contributed by atoms with Crippen molar-refractivity contribution in [2.75, 3.05) is 31.1 Å². The lowest BCUT2D eigenvalue weighted by molar-refractivity contribution is -0.384. The second-order valence-electron chi connectivity index (χ2n) is 6.55. The molecule has 0 unspecified atom stereocenters. The molecule has 7 nitrogen and oxygen atoms in total. The van der Waals surface area contributed by atoms with Crippen molar-refractivity contribution in [2.45, 2.75) is 6.92 Å². The number of carbonyl (C=O) groups excluding carboxylic acids is 1. The number of aromatic nitrogens is 1. The first-order valence-electron chi connectivity index (χ1n) is 8.67. The Morgan fingerprint density at radius 3 is 2.48 bits per heavy atom. The van der Waals surface area contributed by atoms with Gasteiger partial charge in [0.2, 0.25) is 0 Å². The minimum absolute atomic E-state index is 0.0505. The van der Waals surface area contributed by atoms with E-state index in [4.69, 9.17) is 0 Å². The van der Waals surface area contributed by atoms with E-state index in [1.807, 2.05) is 36.1 Å². The Morgan fingerprint density at radius 2 is 1.81 bits per heavy atom. The first kappa shape index (κ1) is 17.4. The largest absolute Gasteiger partial charge is 0.345 e. The van der Waals surface area contributed by atoms with Crippen molar-refractivity contribution in [2.24, 2.45) is 0 Å². The quantitative estimate of drug-likeness (QED) is 0.512. The van der Waals surface area contributed by atoms with Gasteiger partial charge >= 0.3 is 0 Å². The summed E-state index contributed by atoms with van der Waals surface area (Å²) in [6.45, 7) is 4.64. The number of rotatable bonds is 3. The van der Waals surface area contributed by atoms with Gasteiger partial charge in [0.05, 0.1) is 15.1 Å². The van der Waals surface area contributed by atoms with Crippen LogP contribution in [0.5, 0.6) is 0 Å². The zero-order valence-electron chi connectivity index (χ0n) is 14.8. The van der Waals surface area contributed by atoms with Crippen molar-refractivity contribution < 1.29 is 9.72 Å². The molecule has 1 aliphatic heterocycles. The number of amides is 1. The van der Waals surface area contributed by atoms with Crippen LogP contribution in [0.3, 0.4) is 0 Å². The summed E-state index contributed by atoms with van der Waals surface area (Å²) < 4.78 is 0.803. The Bertz CT molecular complexity index is 1010. The number of non-ortho nitro benzene ring substituents is 1. The number of benzene rings is 2. The highest BCUT2D eigenvalue weighted by Gasteiger charge is 2.24. The highest BCUT2D eigenvalue weighted by atomic mass is 32.1. The molecule has 0 atom stereocenters. The standard InChI is InChI=1S/C19H18N4O3S/c1-13-2-4-14(5-3-13)18(24)21-8-10-22(11-9-21)19-20-16-7-6-15(23(25)26)12-17(16)27-19/h2-7,12H,8-11H2,1H3. The fourth-order valence-electron chi connectivity index (χ4n) is 3.13. The van der Waals surface area contributed by atoms with E-state index in [0.29, 0.717) is 31.7 Å². The summed E-state index contributed by atoms with van der Waals surface area (Å²) in [6.07, 6.45) is 0. The maximum atomic E-state index is 12.6. The smallest absolute Gasteiger partial charge is 0.270 e. The predicted octanol–water partition coefficient (Wildman–Crippen LogP) is 3.48. The molecule has 0 N–H and O–H groups in total. The molecule has 0 bridgehead atoms. The molecule has 0 aliphatic carbocycles. The fourth-order valence-corrected chi connectivity index (χ4v) is 4.18. The Hall–Kier alpha value is -3.00. The number of nitro benzene ring substituents is 1. The number of piperazine rings is 1. The zero-order chi connectivity index (χ0) is 19.0. The molecule has 138 valence electrons. The molecule has 0 saturated carbocycles. The number of hydrogen-bond donors (Lipinski definition) is 0. The average Bonchev–Trinajstić information content (AvgIpc) is 3.11.